The molecule has 1 fully saturated rings. The van der Waals surface area contributed by atoms with Crippen LogP contribution in [-0.4, -0.2) is 67.7 Å². The van der Waals surface area contributed by atoms with Crippen molar-refractivity contribution in [3.05, 3.63) is 46.1 Å². The van der Waals surface area contributed by atoms with Crippen LogP contribution in [0.5, 0.6) is 5.75 Å². The summed E-state index contributed by atoms with van der Waals surface area (Å²) in [6.45, 7) is -0.559. The number of hydrogen-bond donors (Lipinski definition) is 5. The number of nitrogens with zero attached hydrogens (tertiary/aromatic N) is 1. The lowest BCUT2D eigenvalue weighted by Crippen LogP contribution is -2.60. The van der Waals surface area contributed by atoms with E-state index in [9.17, 15) is 25.2 Å². The number of ether oxygens (including phenoxy) is 2. The summed E-state index contributed by atoms with van der Waals surface area (Å²) in [6, 6.07) is 4.51. The highest BCUT2D eigenvalue weighted by Crippen LogP contribution is 2.28. The third-order valence-corrected chi connectivity index (χ3v) is 6.06. The molecule has 1 saturated heterocycles. The Bertz CT molecular complexity index is 1160. The monoisotopic (exact) mass is 444 g/mol. The van der Waals surface area contributed by atoms with Crippen molar-refractivity contribution in [2.24, 2.45) is 0 Å². The summed E-state index contributed by atoms with van der Waals surface area (Å²) in [5, 5.41) is 39.6. The van der Waals surface area contributed by atoms with Crippen molar-refractivity contribution in [1.29, 1.82) is 0 Å². The van der Waals surface area contributed by atoms with Crippen LogP contribution in [0.3, 0.4) is 0 Å². The van der Waals surface area contributed by atoms with Gasteiger partial charge in [0.2, 0.25) is 11.7 Å². The second kappa shape index (κ2) is 8.30. The molecule has 1 aromatic carbocycles. The average molecular weight is 444 g/mol. The minimum atomic E-state index is -1.55. The van der Waals surface area contributed by atoms with Crippen LogP contribution in [-0.2, 0) is 17.6 Å². The number of rotatable bonds is 4. The summed E-state index contributed by atoms with van der Waals surface area (Å²) in [6.07, 6.45) is -1.64. The van der Waals surface area contributed by atoms with Crippen molar-refractivity contribution in [2.75, 3.05) is 6.61 Å². The van der Waals surface area contributed by atoms with Gasteiger partial charge in [-0.1, -0.05) is 0 Å². The van der Waals surface area contributed by atoms with Gasteiger partial charge in [-0.3, -0.25) is 4.79 Å². The van der Waals surface area contributed by atoms with Crippen LogP contribution in [0, 0.1) is 0 Å². The molecule has 0 bridgehead atoms. The molecule has 0 amide bonds. The van der Waals surface area contributed by atoms with Gasteiger partial charge in [0.1, 0.15) is 53.4 Å². The summed E-state index contributed by atoms with van der Waals surface area (Å²) in [7, 11) is 0. The second-order valence-corrected chi connectivity index (χ2v) is 8.17. The predicted molar refractivity (Wildman–Crippen MR) is 111 cm³/mol. The van der Waals surface area contributed by atoms with E-state index in [1.165, 1.54) is 24.5 Å². The van der Waals surface area contributed by atoms with Crippen LogP contribution in [0.2, 0.25) is 0 Å². The molecule has 2 aromatic heterocycles. The van der Waals surface area contributed by atoms with E-state index in [0.717, 1.165) is 37.1 Å². The number of nitrogens with one attached hydrogen (secondary N) is 1. The molecule has 10 nitrogen and oxygen atoms in total. The lowest BCUT2D eigenvalue weighted by atomic mass is 9.99. The van der Waals surface area contributed by atoms with E-state index in [4.69, 9.17) is 13.9 Å². The number of aliphatic hydroxyl groups excluding tert-OH is 4. The molecule has 0 saturated carbocycles. The first kappa shape index (κ1) is 21.1. The number of aromatic amines is 1. The van der Waals surface area contributed by atoms with Crippen molar-refractivity contribution in [2.45, 2.75) is 56.4 Å². The third-order valence-electron chi connectivity index (χ3n) is 6.06. The first-order valence-electron chi connectivity index (χ1n) is 10.6. The van der Waals surface area contributed by atoms with Crippen LogP contribution in [0.1, 0.15) is 24.2 Å². The molecule has 5 N–H and O–H groups in total. The van der Waals surface area contributed by atoms with Gasteiger partial charge in [-0.05, 0) is 37.8 Å². The highest BCUT2D eigenvalue weighted by Gasteiger charge is 2.44. The summed E-state index contributed by atoms with van der Waals surface area (Å²) < 4.78 is 16.6. The number of imidazole rings is 1. The Morgan fingerprint density at radius 1 is 1.12 bits per heavy atom. The molecule has 1 aliphatic carbocycles. The molecule has 5 rings (SSSR count). The second-order valence-electron chi connectivity index (χ2n) is 8.17. The van der Waals surface area contributed by atoms with E-state index in [0.29, 0.717) is 16.8 Å². The summed E-state index contributed by atoms with van der Waals surface area (Å²) in [5.74, 6) is 0.709. The number of fused-ring (bicyclic) bond motifs is 2. The van der Waals surface area contributed by atoms with Gasteiger partial charge in [0.15, 0.2) is 0 Å². The van der Waals surface area contributed by atoms with Crippen LogP contribution in [0.25, 0.3) is 22.4 Å². The van der Waals surface area contributed by atoms with Gasteiger partial charge >= 0.3 is 0 Å². The summed E-state index contributed by atoms with van der Waals surface area (Å²) in [4.78, 5) is 20.9. The van der Waals surface area contributed by atoms with Gasteiger partial charge < -0.3 is 39.3 Å². The largest absolute Gasteiger partial charge is 0.463 e. The van der Waals surface area contributed by atoms with Crippen LogP contribution < -0.4 is 10.2 Å². The molecule has 3 heterocycles. The molecule has 10 heteroatoms. The summed E-state index contributed by atoms with van der Waals surface area (Å²) >= 11 is 0. The predicted octanol–water partition coefficient (Wildman–Crippen LogP) is 0.241. The zero-order chi connectivity index (χ0) is 22.4. The number of hydrogen-bond acceptors (Lipinski definition) is 9. The van der Waals surface area contributed by atoms with Crippen molar-refractivity contribution in [3.8, 4) is 17.1 Å². The summed E-state index contributed by atoms with van der Waals surface area (Å²) in [5.41, 5.74) is 2.42. The standard InChI is InChI=1S/C22H24N2O8/c25-8-16-18(27)19(28)20(29)22(32-16)31-10-5-6-11-15(7-10)30-9-12(17(11)26)21-23-13-3-1-2-4-14(13)24-21/h5-7,9,16,18-20,22,25,27-29H,1-4,8H2,(H,23,24)/t16-,18-,19+,20-,22-/m1/s1. The van der Waals surface area contributed by atoms with E-state index < -0.39 is 37.3 Å². The van der Waals surface area contributed by atoms with Gasteiger partial charge in [-0.25, -0.2) is 4.98 Å². The van der Waals surface area contributed by atoms with Gasteiger partial charge in [0.05, 0.1) is 17.7 Å². The van der Waals surface area contributed by atoms with Crippen LogP contribution >= 0.6 is 0 Å². The van der Waals surface area contributed by atoms with Gasteiger partial charge in [0, 0.05) is 11.8 Å². The highest BCUT2D eigenvalue weighted by atomic mass is 16.7. The fourth-order valence-corrected chi connectivity index (χ4v) is 4.23. The van der Waals surface area contributed by atoms with E-state index in [1.54, 1.807) is 0 Å². The van der Waals surface area contributed by atoms with Crippen molar-refractivity contribution >= 4 is 11.0 Å². The number of aryl methyl sites for hydroxylation is 2. The molecular formula is C22H24N2O8. The highest BCUT2D eigenvalue weighted by molar-refractivity contribution is 5.81. The number of aromatic nitrogens is 2. The van der Waals surface area contributed by atoms with Crippen LogP contribution in [0.15, 0.2) is 33.7 Å². The third kappa shape index (κ3) is 3.59. The lowest BCUT2D eigenvalue weighted by Gasteiger charge is -2.39. The molecular weight excluding hydrogens is 420 g/mol. The molecule has 5 atom stereocenters. The zero-order valence-corrected chi connectivity index (χ0v) is 17.1. The Hall–Kier alpha value is -2.76. The first-order valence-corrected chi connectivity index (χ1v) is 10.6. The van der Waals surface area contributed by atoms with E-state index >= 15 is 0 Å². The fraction of sp³-hybridized carbons (Fsp3) is 0.455. The van der Waals surface area contributed by atoms with Gasteiger partial charge in [-0.15, -0.1) is 0 Å². The number of benzene rings is 1. The fourth-order valence-electron chi connectivity index (χ4n) is 4.23. The minimum absolute atomic E-state index is 0.214. The molecule has 0 unspecified atom stereocenters. The first-order chi connectivity index (χ1) is 15.5. The molecule has 0 radical (unpaired) electrons. The average Bonchev–Trinajstić information content (AvgIpc) is 3.23. The van der Waals surface area contributed by atoms with Crippen molar-refractivity contribution in [3.63, 3.8) is 0 Å². The molecule has 32 heavy (non-hydrogen) atoms. The van der Waals surface area contributed by atoms with Crippen LogP contribution in [0.4, 0.5) is 0 Å². The minimum Gasteiger partial charge on any atom is -0.463 e. The topological polar surface area (TPSA) is 158 Å². The Morgan fingerprint density at radius 2 is 1.94 bits per heavy atom. The Kier molecular flexibility index (Phi) is 5.48. The maximum Gasteiger partial charge on any atom is 0.229 e. The smallest absolute Gasteiger partial charge is 0.229 e. The Morgan fingerprint density at radius 3 is 2.72 bits per heavy atom. The maximum absolute atomic E-state index is 13.0. The Labute approximate surface area is 182 Å². The quantitative estimate of drug-likeness (QED) is 0.380. The zero-order valence-electron chi connectivity index (χ0n) is 17.1. The van der Waals surface area contributed by atoms with E-state index in [1.807, 2.05) is 0 Å². The number of aliphatic hydroxyl groups is 4. The molecule has 1 aliphatic heterocycles. The Balaban J connectivity index is 1.42. The SMILES string of the molecule is O=c1c(-c2nc3c([nH]2)CCCC3)coc2cc(O[C@@H]3O[C@H](CO)[C@@H](O)[C@H](O)[C@H]3O)ccc12. The molecule has 0 spiro atoms. The molecule has 2 aliphatic rings. The van der Waals surface area contributed by atoms with Gasteiger partial charge in [-0.2, -0.15) is 0 Å². The van der Waals surface area contributed by atoms with E-state index in [-0.39, 0.29) is 16.8 Å². The van der Waals surface area contributed by atoms with Gasteiger partial charge in [0.25, 0.3) is 0 Å². The van der Waals surface area contributed by atoms with Crippen molar-refractivity contribution in [1.82, 2.24) is 9.97 Å². The molecule has 170 valence electrons. The normalized spacial score (nSPS) is 27.9. The van der Waals surface area contributed by atoms with Crippen molar-refractivity contribution < 1.29 is 34.3 Å². The maximum atomic E-state index is 13.0. The molecule has 3 aromatic rings. The lowest BCUT2D eigenvalue weighted by molar-refractivity contribution is -0.277. The van der Waals surface area contributed by atoms with E-state index in [2.05, 4.69) is 9.97 Å². The number of H-pyrrole nitrogens is 1.